The van der Waals surface area contributed by atoms with E-state index >= 15 is 0 Å². The number of benzene rings is 1. The molecule has 7 heteroatoms. The minimum Gasteiger partial charge on any atom is -0.398 e. The maximum absolute atomic E-state index is 5.91. The van der Waals surface area contributed by atoms with Crippen LogP contribution in [-0.2, 0) is 0 Å². The first-order chi connectivity index (χ1) is 9.08. The average molecular weight is 504 g/mol. The standard InChI is InChI=1S/C12H19I2N4P/c13-11-9(16)5-6-10(12(11)14)18-19-17-8-3-1-7(15)2-4-8/h5-8,17-19H,1-4,15-16H2. The van der Waals surface area contributed by atoms with Gasteiger partial charge in [-0.25, -0.2) is 0 Å². The molecule has 0 aliphatic heterocycles. The van der Waals surface area contributed by atoms with E-state index in [-0.39, 0.29) is 0 Å². The van der Waals surface area contributed by atoms with Crippen molar-refractivity contribution in [2.75, 3.05) is 10.8 Å². The van der Waals surface area contributed by atoms with Crippen LogP contribution in [0.15, 0.2) is 12.1 Å². The average Bonchev–Trinajstić information content (AvgIpc) is 2.41. The Labute approximate surface area is 143 Å². The smallest absolute Gasteiger partial charge is 0.0527 e. The van der Waals surface area contributed by atoms with Gasteiger partial charge in [-0.05, 0) is 83.0 Å². The van der Waals surface area contributed by atoms with Crippen molar-refractivity contribution in [2.24, 2.45) is 5.73 Å². The highest BCUT2D eigenvalue weighted by atomic mass is 127. The summed E-state index contributed by atoms with van der Waals surface area (Å²) in [6.07, 6.45) is 4.65. The Morgan fingerprint density at radius 2 is 1.79 bits per heavy atom. The topological polar surface area (TPSA) is 76.1 Å². The third-order valence-corrected chi connectivity index (χ3v) is 7.62. The summed E-state index contributed by atoms with van der Waals surface area (Å²) in [4.78, 5) is 0. The Balaban J connectivity index is 1.81. The molecule has 19 heavy (non-hydrogen) atoms. The molecule has 0 saturated heterocycles. The second kappa shape index (κ2) is 7.59. The highest BCUT2D eigenvalue weighted by Crippen LogP contribution is 2.30. The number of nitrogens with two attached hydrogens (primary N) is 2. The van der Waals surface area contributed by atoms with Crippen LogP contribution in [0.5, 0.6) is 0 Å². The van der Waals surface area contributed by atoms with Gasteiger partial charge >= 0.3 is 0 Å². The predicted molar refractivity (Wildman–Crippen MR) is 102 cm³/mol. The van der Waals surface area contributed by atoms with Crippen LogP contribution in [0, 0.1) is 7.14 Å². The maximum atomic E-state index is 5.91. The van der Waals surface area contributed by atoms with Crippen molar-refractivity contribution in [3.63, 3.8) is 0 Å². The van der Waals surface area contributed by atoms with Gasteiger partial charge in [0.2, 0.25) is 0 Å². The van der Waals surface area contributed by atoms with Crippen LogP contribution in [0.25, 0.3) is 0 Å². The van der Waals surface area contributed by atoms with E-state index in [1.165, 1.54) is 16.4 Å². The number of nitrogens with one attached hydrogen (secondary N) is 2. The lowest BCUT2D eigenvalue weighted by molar-refractivity contribution is 0.380. The Morgan fingerprint density at radius 1 is 1.11 bits per heavy atom. The molecule has 1 aliphatic carbocycles. The molecule has 0 spiro atoms. The van der Waals surface area contributed by atoms with Crippen molar-refractivity contribution in [1.29, 1.82) is 0 Å². The van der Waals surface area contributed by atoms with Crippen LogP contribution in [0.4, 0.5) is 11.4 Å². The summed E-state index contributed by atoms with van der Waals surface area (Å²) >= 11 is 4.63. The second-order valence-electron chi connectivity index (χ2n) is 4.84. The number of hydrogen-bond donors (Lipinski definition) is 4. The Morgan fingerprint density at radius 3 is 2.47 bits per heavy atom. The normalized spacial score (nSPS) is 23.9. The summed E-state index contributed by atoms with van der Waals surface area (Å²) in [6, 6.07) is 5.02. The van der Waals surface area contributed by atoms with Gasteiger partial charge in [0, 0.05) is 26.7 Å². The SMILES string of the molecule is Nc1ccc(NPNC2CCC(N)CC2)c(I)c1I. The van der Waals surface area contributed by atoms with Gasteiger partial charge in [-0.3, -0.25) is 5.09 Å². The van der Waals surface area contributed by atoms with Crippen molar-refractivity contribution in [1.82, 2.24) is 5.09 Å². The van der Waals surface area contributed by atoms with Gasteiger partial charge in [0.15, 0.2) is 0 Å². The van der Waals surface area contributed by atoms with Gasteiger partial charge in [0.25, 0.3) is 0 Å². The van der Waals surface area contributed by atoms with E-state index < -0.39 is 0 Å². The van der Waals surface area contributed by atoms with E-state index in [1.54, 1.807) is 0 Å². The van der Waals surface area contributed by atoms with Gasteiger partial charge in [-0.1, -0.05) is 0 Å². The van der Waals surface area contributed by atoms with Gasteiger partial charge in [-0.2, -0.15) is 0 Å². The molecule has 1 atom stereocenters. The van der Waals surface area contributed by atoms with E-state index in [0.717, 1.165) is 27.8 Å². The van der Waals surface area contributed by atoms with E-state index in [0.29, 0.717) is 21.0 Å². The van der Waals surface area contributed by atoms with Gasteiger partial charge < -0.3 is 16.6 Å². The fraction of sp³-hybridized carbons (Fsp3) is 0.500. The number of hydrogen-bond acceptors (Lipinski definition) is 4. The molecular formula is C12H19I2N4P. The van der Waals surface area contributed by atoms with Crippen LogP contribution >= 0.6 is 54.1 Å². The van der Waals surface area contributed by atoms with E-state index in [4.69, 9.17) is 11.5 Å². The zero-order valence-electron chi connectivity index (χ0n) is 10.5. The van der Waals surface area contributed by atoms with Crippen molar-refractivity contribution in [3.05, 3.63) is 19.3 Å². The lowest BCUT2D eigenvalue weighted by Crippen LogP contribution is -2.34. The molecule has 0 amide bonds. The number of nitrogen functional groups attached to an aromatic ring is 1. The molecule has 1 saturated carbocycles. The zero-order valence-corrected chi connectivity index (χ0v) is 15.9. The molecule has 4 nitrogen and oxygen atoms in total. The third-order valence-electron chi connectivity index (χ3n) is 3.36. The van der Waals surface area contributed by atoms with Crippen LogP contribution in [-0.4, -0.2) is 12.1 Å². The Bertz CT molecular complexity index is 436. The summed E-state index contributed by atoms with van der Waals surface area (Å²) in [5, 5.41) is 7.03. The Hall–Kier alpha value is 0.630. The first-order valence-electron chi connectivity index (χ1n) is 6.33. The molecule has 0 heterocycles. The third kappa shape index (κ3) is 4.56. The fourth-order valence-corrected chi connectivity index (χ4v) is 4.39. The monoisotopic (exact) mass is 504 g/mol. The summed E-state index contributed by atoms with van der Waals surface area (Å²) in [5.74, 6) is 0. The van der Waals surface area contributed by atoms with Crippen molar-refractivity contribution in [2.45, 2.75) is 37.8 Å². The summed E-state index contributed by atoms with van der Waals surface area (Å²) in [7, 11) is 0.532. The first-order valence-corrected chi connectivity index (χ1v) is 9.49. The summed E-state index contributed by atoms with van der Waals surface area (Å²) < 4.78 is 2.31. The van der Waals surface area contributed by atoms with Crippen LogP contribution in [0.3, 0.4) is 0 Å². The van der Waals surface area contributed by atoms with Crippen LogP contribution in [0.1, 0.15) is 25.7 Å². The van der Waals surface area contributed by atoms with Gasteiger partial charge in [0.05, 0.1) is 12.8 Å². The van der Waals surface area contributed by atoms with Gasteiger partial charge in [-0.15, -0.1) is 0 Å². The quantitative estimate of drug-likeness (QED) is 0.289. The van der Waals surface area contributed by atoms with Crippen molar-refractivity contribution >= 4 is 65.4 Å². The predicted octanol–water partition coefficient (Wildman–Crippen LogP) is 3.26. The molecular weight excluding hydrogens is 485 g/mol. The molecule has 0 aromatic heterocycles. The molecule has 1 aliphatic rings. The van der Waals surface area contributed by atoms with Gasteiger partial charge in [0.1, 0.15) is 0 Å². The molecule has 1 fully saturated rings. The molecule has 106 valence electrons. The fourth-order valence-electron chi connectivity index (χ4n) is 2.13. The molecule has 1 aromatic carbocycles. The lowest BCUT2D eigenvalue weighted by atomic mass is 9.93. The van der Waals surface area contributed by atoms with Crippen molar-refractivity contribution < 1.29 is 0 Å². The largest absolute Gasteiger partial charge is 0.398 e. The van der Waals surface area contributed by atoms with Crippen LogP contribution in [0.2, 0.25) is 0 Å². The lowest BCUT2D eigenvalue weighted by Gasteiger charge is -2.27. The van der Waals surface area contributed by atoms with E-state index in [1.807, 2.05) is 12.1 Å². The summed E-state index contributed by atoms with van der Waals surface area (Å²) in [5.41, 5.74) is 13.8. The zero-order chi connectivity index (χ0) is 13.8. The highest BCUT2D eigenvalue weighted by molar-refractivity contribution is 14.1. The first kappa shape index (κ1) is 16.0. The molecule has 0 bridgehead atoms. The molecule has 1 aromatic rings. The molecule has 6 N–H and O–H groups in total. The summed E-state index contributed by atoms with van der Waals surface area (Å²) in [6.45, 7) is 0. The minimum atomic E-state index is 0.411. The Kier molecular flexibility index (Phi) is 6.39. The number of anilines is 2. The van der Waals surface area contributed by atoms with E-state index in [2.05, 4.69) is 55.4 Å². The second-order valence-corrected chi connectivity index (χ2v) is 7.78. The van der Waals surface area contributed by atoms with Crippen LogP contribution < -0.4 is 21.6 Å². The number of rotatable bonds is 4. The van der Waals surface area contributed by atoms with E-state index in [9.17, 15) is 0 Å². The molecule has 1 unspecified atom stereocenters. The highest BCUT2D eigenvalue weighted by Gasteiger charge is 2.17. The van der Waals surface area contributed by atoms with Crippen molar-refractivity contribution in [3.8, 4) is 0 Å². The molecule has 2 rings (SSSR count). The number of halogens is 2. The maximum Gasteiger partial charge on any atom is 0.0527 e. The molecule has 0 radical (unpaired) electrons. The minimum absolute atomic E-state index is 0.411.